The van der Waals surface area contributed by atoms with Crippen LogP contribution in [0, 0.1) is 0 Å². The van der Waals surface area contributed by atoms with Crippen molar-refractivity contribution in [2.45, 2.75) is 0 Å². The maximum Gasteiger partial charge on any atom is 0.200 e. The van der Waals surface area contributed by atoms with Crippen LogP contribution in [0.1, 0.15) is 5.56 Å². The van der Waals surface area contributed by atoms with Crippen LogP contribution in [0.4, 0.5) is 0 Å². The van der Waals surface area contributed by atoms with Crippen molar-refractivity contribution in [1.82, 2.24) is 0 Å². The van der Waals surface area contributed by atoms with E-state index < -0.39 is 0 Å². The van der Waals surface area contributed by atoms with E-state index in [2.05, 4.69) is 0 Å². The van der Waals surface area contributed by atoms with Crippen LogP contribution in [0.25, 0.3) is 5.57 Å². The first-order valence-electron chi connectivity index (χ1n) is 3.80. The number of rotatable bonds is 1. The molecule has 0 radical (unpaired) electrons. The highest BCUT2D eigenvalue weighted by Crippen LogP contribution is 2.22. The fraction of sp³-hybridized carbons (Fsp3) is 0. The normalized spacial score (nSPS) is 15.5. The molecule has 0 amide bonds. The van der Waals surface area contributed by atoms with Gasteiger partial charge in [-0.1, -0.05) is 30.3 Å². The van der Waals surface area contributed by atoms with Gasteiger partial charge in [-0.15, -0.1) is 0 Å². The largest absolute Gasteiger partial charge is 0.434 e. The van der Waals surface area contributed by atoms with E-state index in [1.54, 1.807) is 6.08 Å². The Balaban J connectivity index is 2.43. The van der Waals surface area contributed by atoms with Crippen molar-refractivity contribution in [1.29, 1.82) is 0 Å². The molecule has 1 aromatic carbocycles. The van der Waals surface area contributed by atoms with E-state index in [0.717, 1.165) is 11.1 Å². The molecule has 13 heavy (non-hydrogen) atoms. The first-order valence-corrected chi connectivity index (χ1v) is 4.62. The molecule has 0 saturated heterocycles. The predicted molar refractivity (Wildman–Crippen MR) is 60.7 cm³/mol. The fourth-order valence-corrected chi connectivity index (χ4v) is 1.69. The van der Waals surface area contributed by atoms with Gasteiger partial charge in [0.2, 0.25) is 0 Å². The zero-order chi connectivity index (χ0) is 9.26. The Morgan fingerprint density at radius 3 is 2.23 bits per heavy atom. The third kappa shape index (κ3) is 1.66. The first kappa shape index (κ1) is 8.53. The minimum Gasteiger partial charge on any atom is -0.434 e. The van der Waals surface area contributed by atoms with Crippen LogP contribution in [0.2, 0.25) is 0 Å². The van der Waals surface area contributed by atoms with Gasteiger partial charge in [0, 0.05) is 11.6 Å². The summed E-state index contributed by atoms with van der Waals surface area (Å²) in [6.45, 7) is 0. The molecule has 0 bridgehead atoms. The van der Waals surface area contributed by atoms with Crippen LogP contribution < -0.4 is 0 Å². The van der Waals surface area contributed by atoms with E-state index >= 15 is 0 Å². The Morgan fingerprint density at radius 2 is 1.69 bits per heavy atom. The fourth-order valence-electron chi connectivity index (χ4n) is 1.17. The molecular weight excluding hydrogens is 200 g/mol. The molecule has 0 spiro atoms. The molecular formula is C10H6OS2. The van der Waals surface area contributed by atoms with Crippen LogP contribution >= 0.6 is 24.4 Å². The quantitative estimate of drug-likeness (QED) is 0.654. The van der Waals surface area contributed by atoms with Gasteiger partial charge in [-0.25, -0.2) is 0 Å². The monoisotopic (exact) mass is 206 g/mol. The van der Waals surface area contributed by atoms with Crippen molar-refractivity contribution < 1.29 is 4.74 Å². The van der Waals surface area contributed by atoms with Crippen LogP contribution in [-0.4, -0.2) is 10.1 Å². The lowest BCUT2D eigenvalue weighted by atomic mass is 10.1. The minimum absolute atomic E-state index is 0.448. The lowest BCUT2D eigenvalue weighted by molar-refractivity contribution is 0.595. The predicted octanol–water partition coefficient (Wildman–Crippen LogP) is 2.76. The van der Waals surface area contributed by atoms with Crippen molar-refractivity contribution in [3.8, 4) is 0 Å². The molecule has 1 aromatic rings. The molecule has 0 aliphatic carbocycles. The molecule has 1 nitrogen and oxygen atoms in total. The van der Waals surface area contributed by atoms with Gasteiger partial charge >= 0.3 is 0 Å². The minimum atomic E-state index is 0.448. The van der Waals surface area contributed by atoms with Crippen LogP contribution in [-0.2, 0) is 4.74 Å². The van der Waals surface area contributed by atoms with Crippen molar-refractivity contribution >= 4 is 40.1 Å². The summed E-state index contributed by atoms with van der Waals surface area (Å²) in [4.78, 5) is 0. The third-order valence-corrected chi connectivity index (χ3v) is 2.26. The molecule has 1 aliphatic heterocycles. The summed E-state index contributed by atoms with van der Waals surface area (Å²) >= 11 is 9.91. The summed E-state index contributed by atoms with van der Waals surface area (Å²) in [5.74, 6) is 0. The first-order chi connectivity index (χ1) is 6.27. The maximum atomic E-state index is 5.10. The summed E-state index contributed by atoms with van der Waals surface area (Å²) in [5.41, 5.74) is 1.95. The number of hydrogen-bond donors (Lipinski definition) is 0. The van der Waals surface area contributed by atoms with Crippen LogP contribution in [0.15, 0.2) is 36.4 Å². The Labute approximate surface area is 87.0 Å². The molecule has 64 valence electrons. The molecule has 0 saturated carbocycles. The van der Waals surface area contributed by atoms with Crippen LogP contribution in [0.5, 0.6) is 0 Å². The van der Waals surface area contributed by atoms with Crippen LogP contribution in [0.3, 0.4) is 0 Å². The Morgan fingerprint density at radius 1 is 1.00 bits per heavy atom. The highest BCUT2D eigenvalue weighted by molar-refractivity contribution is 7.82. The summed E-state index contributed by atoms with van der Waals surface area (Å²) < 4.78 is 5.10. The zero-order valence-corrected chi connectivity index (χ0v) is 8.32. The molecule has 0 atom stereocenters. The van der Waals surface area contributed by atoms with Crippen molar-refractivity contribution in [3.63, 3.8) is 0 Å². The van der Waals surface area contributed by atoms with Crippen molar-refractivity contribution in [2.24, 2.45) is 0 Å². The topological polar surface area (TPSA) is 9.23 Å². The lowest BCUT2D eigenvalue weighted by Gasteiger charge is -1.99. The van der Waals surface area contributed by atoms with Gasteiger partial charge in [0.05, 0.1) is 0 Å². The van der Waals surface area contributed by atoms with Gasteiger partial charge < -0.3 is 4.74 Å². The average Bonchev–Trinajstić information content (AvgIpc) is 2.47. The summed E-state index contributed by atoms with van der Waals surface area (Å²) in [5, 5.41) is 0.917. The smallest absolute Gasteiger partial charge is 0.200 e. The van der Waals surface area contributed by atoms with Gasteiger partial charge in [0.15, 0.2) is 10.1 Å². The number of ether oxygens (including phenoxy) is 1. The Kier molecular flexibility index (Phi) is 2.20. The van der Waals surface area contributed by atoms with Gasteiger partial charge in [-0.2, -0.15) is 0 Å². The van der Waals surface area contributed by atoms with Crippen molar-refractivity contribution in [3.05, 3.63) is 42.0 Å². The highest BCUT2D eigenvalue weighted by atomic mass is 32.1. The second-order valence-electron chi connectivity index (χ2n) is 2.63. The summed E-state index contributed by atoms with van der Waals surface area (Å²) in [6, 6.07) is 9.84. The summed E-state index contributed by atoms with van der Waals surface area (Å²) in [7, 11) is 0. The molecule has 3 heteroatoms. The van der Waals surface area contributed by atoms with Gasteiger partial charge in [-0.3, -0.25) is 0 Å². The van der Waals surface area contributed by atoms with E-state index in [0.29, 0.717) is 10.1 Å². The summed E-state index contributed by atoms with van der Waals surface area (Å²) in [6.07, 6.45) is 1.78. The average molecular weight is 206 g/mol. The number of benzene rings is 1. The Bertz CT molecular complexity index is 393. The van der Waals surface area contributed by atoms with Gasteiger partial charge in [-0.05, 0) is 30.0 Å². The number of thiocarbonyl (C=S) groups is 2. The van der Waals surface area contributed by atoms with E-state index in [9.17, 15) is 0 Å². The van der Waals surface area contributed by atoms with E-state index in [4.69, 9.17) is 29.2 Å². The molecule has 0 unspecified atom stereocenters. The SMILES string of the molecule is S=C1C=C(c2ccccc2)C(=S)O1. The molecule has 1 aliphatic rings. The third-order valence-electron chi connectivity index (χ3n) is 1.76. The second-order valence-corrected chi connectivity index (χ2v) is 3.41. The Hall–Kier alpha value is -1.06. The second kappa shape index (κ2) is 3.36. The molecule has 0 aromatic heterocycles. The zero-order valence-electron chi connectivity index (χ0n) is 6.69. The molecule has 0 N–H and O–H groups in total. The van der Waals surface area contributed by atoms with Gasteiger partial charge in [0.1, 0.15) is 0 Å². The molecule has 2 rings (SSSR count). The molecule has 0 fully saturated rings. The van der Waals surface area contributed by atoms with Crippen molar-refractivity contribution in [2.75, 3.05) is 0 Å². The van der Waals surface area contributed by atoms with E-state index in [1.165, 1.54) is 0 Å². The highest BCUT2D eigenvalue weighted by Gasteiger charge is 2.17. The van der Waals surface area contributed by atoms with E-state index in [-0.39, 0.29) is 0 Å². The standard InChI is InChI=1S/C10H6OS2/c12-9-6-8(10(13)11-9)7-4-2-1-3-5-7/h1-6H. The molecule has 1 heterocycles. The lowest BCUT2D eigenvalue weighted by Crippen LogP contribution is -1.97. The van der Waals surface area contributed by atoms with E-state index in [1.807, 2.05) is 30.3 Å². The van der Waals surface area contributed by atoms with Gasteiger partial charge in [0.25, 0.3) is 0 Å². The number of hydrogen-bond acceptors (Lipinski definition) is 3. The maximum absolute atomic E-state index is 5.10.